The summed E-state index contributed by atoms with van der Waals surface area (Å²) in [6, 6.07) is 10.9. The van der Waals surface area contributed by atoms with Crippen LogP contribution in [0.2, 0.25) is 0 Å². The Bertz CT molecular complexity index is 1390. The van der Waals surface area contributed by atoms with E-state index in [-0.39, 0.29) is 11.5 Å². The van der Waals surface area contributed by atoms with E-state index in [2.05, 4.69) is 5.32 Å². The molecule has 0 atom stereocenters. The van der Waals surface area contributed by atoms with E-state index in [4.69, 9.17) is 9.47 Å². The van der Waals surface area contributed by atoms with Gasteiger partial charge in [-0.25, -0.2) is 4.79 Å². The maximum absolute atomic E-state index is 13.0. The monoisotopic (exact) mass is 503 g/mol. The summed E-state index contributed by atoms with van der Waals surface area (Å²) in [4.78, 5) is 27.1. The standard InChI is InChI=1S/C28H29N3O4S/c1-5-35-28(33)25-23-11-6-7-12-24(23)36-27(25)31-17(2)13-19(18(31)3)14-20(16-29)26(32)30-21-9-8-10-22(15-21)34-4/h8-10,13-15H,5-7,11-12H2,1-4H3,(H,30,32)/b20-14+. The molecule has 2 aromatic heterocycles. The highest BCUT2D eigenvalue weighted by Crippen LogP contribution is 2.39. The molecule has 1 amide bonds. The molecule has 186 valence electrons. The first-order valence-electron chi connectivity index (χ1n) is 12.0. The molecule has 1 aromatic carbocycles. The Kier molecular flexibility index (Phi) is 7.61. The number of methoxy groups -OCH3 is 1. The number of carbonyl (C=O) groups is 2. The highest BCUT2D eigenvalue weighted by molar-refractivity contribution is 7.15. The third kappa shape index (κ3) is 4.93. The molecule has 3 aromatic rings. The number of ether oxygens (including phenoxy) is 2. The first kappa shape index (κ1) is 25.3. The number of hydrogen-bond acceptors (Lipinski definition) is 6. The topological polar surface area (TPSA) is 93.4 Å². The Balaban J connectivity index is 1.72. The number of hydrogen-bond donors (Lipinski definition) is 1. The third-order valence-electron chi connectivity index (χ3n) is 6.30. The van der Waals surface area contributed by atoms with Crippen molar-refractivity contribution in [3.8, 4) is 16.8 Å². The lowest BCUT2D eigenvalue weighted by molar-refractivity contribution is -0.112. The molecule has 0 bridgehead atoms. The Morgan fingerprint density at radius 2 is 2.00 bits per heavy atom. The number of benzene rings is 1. The number of nitrogens with zero attached hydrogens (tertiary/aromatic N) is 2. The van der Waals surface area contributed by atoms with Gasteiger partial charge in [0.1, 0.15) is 22.4 Å². The maximum atomic E-state index is 13.0. The fraction of sp³-hybridized carbons (Fsp3) is 0.321. The van der Waals surface area contributed by atoms with E-state index >= 15 is 0 Å². The minimum atomic E-state index is -0.505. The van der Waals surface area contributed by atoms with Gasteiger partial charge in [0.05, 0.1) is 19.3 Å². The van der Waals surface area contributed by atoms with Gasteiger partial charge in [0, 0.05) is 28.0 Å². The van der Waals surface area contributed by atoms with Crippen molar-refractivity contribution >= 4 is 35.0 Å². The van der Waals surface area contributed by atoms with Gasteiger partial charge in [0.15, 0.2) is 0 Å². The van der Waals surface area contributed by atoms with E-state index in [9.17, 15) is 14.9 Å². The molecular formula is C28H29N3O4S. The average molecular weight is 504 g/mol. The second-order valence-electron chi connectivity index (χ2n) is 8.63. The van der Waals surface area contributed by atoms with Gasteiger partial charge in [0.2, 0.25) is 0 Å². The normalized spacial score (nSPS) is 13.0. The van der Waals surface area contributed by atoms with E-state index in [0.717, 1.165) is 53.2 Å². The summed E-state index contributed by atoms with van der Waals surface area (Å²) in [5, 5.41) is 13.3. The fourth-order valence-corrected chi connectivity index (χ4v) is 6.06. The molecule has 1 N–H and O–H groups in total. The SMILES string of the molecule is CCOC(=O)c1c(-n2c(C)cc(/C=C(\C#N)C(=O)Nc3cccc(OC)c3)c2C)sc2c1CCCC2. The number of anilines is 1. The minimum absolute atomic E-state index is 0.0193. The van der Waals surface area contributed by atoms with Crippen molar-refractivity contribution in [2.45, 2.75) is 46.5 Å². The lowest BCUT2D eigenvalue weighted by Crippen LogP contribution is -2.13. The van der Waals surface area contributed by atoms with Gasteiger partial charge in [-0.2, -0.15) is 5.26 Å². The van der Waals surface area contributed by atoms with Gasteiger partial charge in [-0.15, -0.1) is 11.3 Å². The number of aromatic nitrogens is 1. The first-order chi connectivity index (χ1) is 17.4. The van der Waals surface area contributed by atoms with Crippen molar-refractivity contribution in [1.82, 2.24) is 4.57 Å². The summed E-state index contributed by atoms with van der Waals surface area (Å²) >= 11 is 1.63. The molecule has 1 aliphatic carbocycles. The molecule has 36 heavy (non-hydrogen) atoms. The minimum Gasteiger partial charge on any atom is -0.497 e. The van der Waals surface area contributed by atoms with Crippen molar-refractivity contribution in [2.24, 2.45) is 0 Å². The Labute approximate surface area is 215 Å². The van der Waals surface area contributed by atoms with Gasteiger partial charge in [-0.05, 0) is 81.9 Å². The highest BCUT2D eigenvalue weighted by Gasteiger charge is 2.28. The van der Waals surface area contributed by atoms with Gasteiger partial charge in [-0.3, -0.25) is 4.79 Å². The number of thiophene rings is 1. The van der Waals surface area contributed by atoms with Crippen LogP contribution in [0, 0.1) is 25.2 Å². The van der Waals surface area contributed by atoms with Crippen LogP contribution in [0.25, 0.3) is 11.1 Å². The molecule has 0 spiro atoms. The van der Waals surface area contributed by atoms with Crippen LogP contribution in [-0.2, 0) is 22.4 Å². The number of esters is 1. The molecular weight excluding hydrogens is 474 g/mol. The lowest BCUT2D eigenvalue weighted by Gasteiger charge is -2.13. The zero-order chi connectivity index (χ0) is 25.8. The Morgan fingerprint density at radius 1 is 1.22 bits per heavy atom. The van der Waals surface area contributed by atoms with Crippen molar-refractivity contribution in [3.63, 3.8) is 0 Å². The number of fused-ring (bicyclic) bond motifs is 1. The molecule has 1 aliphatic rings. The molecule has 7 nitrogen and oxygen atoms in total. The van der Waals surface area contributed by atoms with E-state index in [1.54, 1.807) is 48.8 Å². The van der Waals surface area contributed by atoms with Crippen molar-refractivity contribution in [3.05, 3.63) is 68.9 Å². The molecule has 0 fully saturated rings. The second-order valence-corrected chi connectivity index (χ2v) is 9.71. The van der Waals surface area contributed by atoms with E-state index in [1.807, 2.05) is 37.5 Å². The summed E-state index contributed by atoms with van der Waals surface area (Å²) in [6.07, 6.45) is 5.59. The molecule has 0 aliphatic heterocycles. The molecule has 0 radical (unpaired) electrons. The van der Waals surface area contributed by atoms with Crippen LogP contribution in [0.5, 0.6) is 5.75 Å². The fourth-order valence-electron chi connectivity index (χ4n) is 4.57. The van der Waals surface area contributed by atoms with Gasteiger partial charge < -0.3 is 19.4 Å². The Morgan fingerprint density at radius 3 is 2.72 bits per heavy atom. The van der Waals surface area contributed by atoms with Gasteiger partial charge >= 0.3 is 5.97 Å². The number of amides is 1. The van der Waals surface area contributed by atoms with E-state index in [1.165, 1.54) is 4.88 Å². The van der Waals surface area contributed by atoms with E-state index in [0.29, 0.717) is 23.6 Å². The highest BCUT2D eigenvalue weighted by atomic mass is 32.1. The summed E-state index contributed by atoms with van der Waals surface area (Å²) in [5.41, 5.74) is 4.76. The largest absolute Gasteiger partial charge is 0.497 e. The first-order valence-corrected chi connectivity index (χ1v) is 12.8. The van der Waals surface area contributed by atoms with Crippen molar-refractivity contribution in [2.75, 3.05) is 19.0 Å². The summed E-state index contributed by atoms with van der Waals surface area (Å²) in [5.74, 6) is -0.198. The molecule has 4 rings (SSSR count). The Hall–Kier alpha value is -3.83. The van der Waals surface area contributed by atoms with Crippen molar-refractivity contribution < 1.29 is 19.1 Å². The van der Waals surface area contributed by atoms with Crippen LogP contribution in [0.4, 0.5) is 5.69 Å². The van der Waals surface area contributed by atoms with E-state index < -0.39 is 5.91 Å². The molecule has 0 unspecified atom stereocenters. The summed E-state index contributed by atoms with van der Waals surface area (Å²) < 4.78 is 12.7. The molecule has 0 saturated heterocycles. The predicted molar refractivity (Wildman–Crippen MR) is 141 cm³/mol. The number of rotatable bonds is 7. The number of nitriles is 1. The quantitative estimate of drug-likeness (QED) is 0.251. The van der Waals surface area contributed by atoms with Crippen LogP contribution in [0.3, 0.4) is 0 Å². The summed E-state index contributed by atoms with van der Waals surface area (Å²) in [6.45, 7) is 6.02. The maximum Gasteiger partial charge on any atom is 0.341 e. The van der Waals surface area contributed by atoms with Crippen molar-refractivity contribution in [1.29, 1.82) is 5.26 Å². The number of aryl methyl sites for hydroxylation is 2. The third-order valence-corrected chi connectivity index (χ3v) is 7.58. The number of carbonyl (C=O) groups excluding carboxylic acids is 2. The zero-order valence-corrected chi connectivity index (χ0v) is 21.8. The average Bonchev–Trinajstić information content (AvgIpc) is 3.38. The zero-order valence-electron chi connectivity index (χ0n) is 20.9. The van der Waals surface area contributed by atoms with Gasteiger partial charge in [-0.1, -0.05) is 6.07 Å². The lowest BCUT2D eigenvalue weighted by atomic mass is 9.95. The molecule has 2 heterocycles. The van der Waals surface area contributed by atoms with Crippen LogP contribution in [0.15, 0.2) is 35.9 Å². The molecule has 0 saturated carbocycles. The second kappa shape index (κ2) is 10.8. The van der Waals surface area contributed by atoms with Gasteiger partial charge in [0.25, 0.3) is 5.91 Å². The number of nitrogens with one attached hydrogen (secondary N) is 1. The predicted octanol–water partition coefficient (Wildman–Crippen LogP) is 5.77. The molecule has 8 heteroatoms. The van der Waals surface area contributed by atoms with Crippen LogP contribution in [-0.4, -0.2) is 30.2 Å². The van der Waals surface area contributed by atoms with Crippen LogP contribution < -0.4 is 10.1 Å². The smallest absolute Gasteiger partial charge is 0.341 e. The van der Waals surface area contributed by atoms with Crippen LogP contribution >= 0.6 is 11.3 Å². The summed E-state index contributed by atoms with van der Waals surface area (Å²) in [7, 11) is 1.55. The van der Waals surface area contributed by atoms with Crippen LogP contribution in [0.1, 0.15) is 57.5 Å².